The number of nitrogens with zero attached hydrogens (tertiary/aromatic N) is 2. The van der Waals surface area contributed by atoms with E-state index in [1.165, 1.54) is 0 Å². The van der Waals surface area contributed by atoms with Crippen molar-refractivity contribution < 1.29 is 9.59 Å². The van der Waals surface area contributed by atoms with Crippen LogP contribution in [-0.2, 0) is 0 Å². The molecule has 1 fully saturated rings. The first kappa shape index (κ1) is 16.4. The molecule has 1 aliphatic rings. The number of aromatic nitrogens is 1. The summed E-state index contributed by atoms with van der Waals surface area (Å²) >= 11 is 0. The zero-order valence-corrected chi connectivity index (χ0v) is 13.7. The van der Waals surface area contributed by atoms with Crippen molar-refractivity contribution in [2.24, 2.45) is 5.41 Å². The zero-order chi connectivity index (χ0) is 16.2. The maximum atomic E-state index is 12.3. The SMILES string of the molecule is CC(C)(C)CNC(=O)N1CCCN(C(=O)c2ccc[nH]2)CC1. The van der Waals surface area contributed by atoms with E-state index in [2.05, 4.69) is 31.1 Å². The summed E-state index contributed by atoms with van der Waals surface area (Å²) in [5, 5.41) is 2.97. The average Bonchev–Trinajstić information content (AvgIpc) is 2.87. The van der Waals surface area contributed by atoms with Gasteiger partial charge in [-0.25, -0.2) is 4.79 Å². The number of hydrogen-bond donors (Lipinski definition) is 2. The van der Waals surface area contributed by atoms with Crippen LogP contribution in [0.2, 0.25) is 0 Å². The Hall–Kier alpha value is -1.98. The topological polar surface area (TPSA) is 68.4 Å². The molecule has 6 nitrogen and oxygen atoms in total. The molecule has 3 amide bonds. The minimum atomic E-state index is -0.0379. The second-order valence-electron chi connectivity index (χ2n) is 6.94. The van der Waals surface area contributed by atoms with Crippen molar-refractivity contribution in [1.82, 2.24) is 20.1 Å². The van der Waals surface area contributed by atoms with Crippen molar-refractivity contribution in [3.63, 3.8) is 0 Å². The molecule has 2 rings (SSSR count). The Labute approximate surface area is 131 Å². The van der Waals surface area contributed by atoms with Gasteiger partial charge in [0.15, 0.2) is 0 Å². The van der Waals surface area contributed by atoms with Gasteiger partial charge in [0.25, 0.3) is 5.91 Å². The van der Waals surface area contributed by atoms with Crippen LogP contribution in [0.3, 0.4) is 0 Å². The van der Waals surface area contributed by atoms with Gasteiger partial charge in [0.2, 0.25) is 0 Å². The van der Waals surface area contributed by atoms with Crippen molar-refractivity contribution in [2.75, 3.05) is 32.7 Å². The number of hydrogen-bond acceptors (Lipinski definition) is 2. The van der Waals surface area contributed by atoms with Gasteiger partial charge in [0, 0.05) is 38.9 Å². The number of nitrogens with one attached hydrogen (secondary N) is 2. The van der Waals surface area contributed by atoms with Gasteiger partial charge in [-0.05, 0) is 24.0 Å². The van der Waals surface area contributed by atoms with Gasteiger partial charge >= 0.3 is 6.03 Å². The highest BCUT2D eigenvalue weighted by Crippen LogP contribution is 2.12. The van der Waals surface area contributed by atoms with Gasteiger partial charge in [0.05, 0.1) is 0 Å². The summed E-state index contributed by atoms with van der Waals surface area (Å²) in [6.45, 7) is 9.42. The molecule has 22 heavy (non-hydrogen) atoms. The molecule has 0 saturated carbocycles. The van der Waals surface area contributed by atoms with Crippen LogP contribution < -0.4 is 5.32 Å². The molecule has 0 unspecified atom stereocenters. The largest absolute Gasteiger partial charge is 0.357 e. The van der Waals surface area contributed by atoms with E-state index in [-0.39, 0.29) is 17.4 Å². The van der Waals surface area contributed by atoms with Crippen molar-refractivity contribution in [3.8, 4) is 0 Å². The molecule has 2 heterocycles. The first-order valence-electron chi connectivity index (χ1n) is 7.82. The van der Waals surface area contributed by atoms with E-state index in [1.54, 1.807) is 17.2 Å². The van der Waals surface area contributed by atoms with E-state index >= 15 is 0 Å². The van der Waals surface area contributed by atoms with Crippen LogP contribution in [-0.4, -0.2) is 59.4 Å². The summed E-state index contributed by atoms with van der Waals surface area (Å²) in [5.41, 5.74) is 0.669. The number of amides is 3. The Bertz CT molecular complexity index is 505. The highest BCUT2D eigenvalue weighted by molar-refractivity contribution is 5.92. The third-order valence-electron chi connectivity index (χ3n) is 3.67. The Morgan fingerprint density at radius 2 is 1.86 bits per heavy atom. The van der Waals surface area contributed by atoms with E-state index in [0.717, 1.165) is 6.42 Å². The minimum absolute atomic E-state index is 0.00181. The predicted octanol–water partition coefficient (Wildman–Crippen LogP) is 1.92. The Kier molecular flexibility index (Phi) is 5.11. The number of urea groups is 1. The molecule has 1 saturated heterocycles. The predicted molar refractivity (Wildman–Crippen MR) is 85.7 cm³/mol. The molecule has 1 aromatic rings. The lowest BCUT2D eigenvalue weighted by Gasteiger charge is -2.25. The highest BCUT2D eigenvalue weighted by Gasteiger charge is 2.23. The molecule has 6 heteroatoms. The van der Waals surface area contributed by atoms with Gasteiger partial charge in [-0.1, -0.05) is 20.8 Å². The Morgan fingerprint density at radius 1 is 1.18 bits per heavy atom. The summed E-state index contributed by atoms with van der Waals surface area (Å²) < 4.78 is 0. The van der Waals surface area contributed by atoms with Crippen LogP contribution in [0.4, 0.5) is 4.79 Å². The molecule has 0 spiro atoms. The lowest BCUT2D eigenvalue weighted by Crippen LogP contribution is -2.44. The van der Waals surface area contributed by atoms with Crippen LogP contribution in [0, 0.1) is 5.41 Å². The Morgan fingerprint density at radius 3 is 2.50 bits per heavy atom. The number of carbonyl (C=O) groups excluding carboxylic acids is 2. The zero-order valence-electron chi connectivity index (χ0n) is 13.7. The summed E-state index contributed by atoms with van der Waals surface area (Å²) in [5.74, 6) is 0.00181. The van der Waals surface area contributed by atoms with Crippen LogP contribution in [0.5, 0.6) is 0 Å². The number of H-pyrrole nitrogens is 1. The fraction of sp³-hybridized carbons (Fsp3) is 0.625. The normalized spacial score (nSPS) is 16.3. The van der Waals surface area contributed by atoms with Crippen molar-refractivity contribution >= 4 is 11.9 Å². The molecule has 0 aliphatic carbocycles. The maximum absolute atomic E-state index is 12.3. The summed E-state index contributed by atoms with van der Waals surface area (Å²) in [4.78, 5) is 31.1. The van der Waals surface area contributed by atoms with Crippen LogP contribution in [0.15, 0.2) is 18.3 Å². The molecular weight excluding hydrogens is 280 g/mol. The Balaban J connectivity index is 1.87. The molecule has 122 valence electrons. The summed E-state index contributed by atoms with van der Waals surface area (Å²) in [6, 6.07) is 3.56. The first-order valence-corrected chi connectivity index (χ1v) is 7.82. The van der Waals surface area contributed by atoms with E-state index in [1.807, 2.05) is 11.0 Å². The molecule has 0 atom stereocenters. The second-order valence-corrected chi connectivity index (χ2v) is 6.94. The van der Waals surface area contributed by atoms with E-state index < -0.39 is 0 Å². The van der Waals surface area contributed by atoms with Crippen LogP contribution in [0.1, 0.15) is 37.7 Å². The molecule has 1 aromatic heterocycles. The minimum Gasteiger partial charge on any atom is -0.357 e. The summed E-state index contributed by atoms with van der Waals surface area (Å²) in [7, 11) is 0. The fourth-order valence-electron chi connectivity index (χ4n) is 2.41. The van der Waals surface area contributed by atoms with Crippen molar-refractivity contribution in [2.45, 2.75) is 27.2 Å². The van der Waals surface area contributed by atoms with E-state index in [4.69, 9.17) is 0 Å². The monoisotopic (exact) mass is 306 g/mol. The number of aromatic amines is 1. The van der Waals surface area contributed by atoms with Crippen LogP contribution >= 0.6 is 0 Å². The molecular formula is C16H26N4O2. The lowest BCUT2D eigenvalue weighted by molar-refractivity contribution is 0.0757. The molecule has 1 aliphatic heterocycles. The fourth-order valence-corrected chi connectivity index (χ4v) is 2.41. The quantitative estimate of drug-likeness (QED) is 0.876. The molecule has 0 aromatic carbocycles. The first-order chi connectivity index (χ1) is 10.4. The maximum Gasteiger partial charge on any atom is 0.317 e. The van der Waals surface area contributed by atoms with Gasteiger partial charge < -0.3 is 20.1 Å². The molecule has 0 radical (unpaired) electrons. The van der Waals surface area contributed by atoms with E-state index in [0.29, 0.717) is 38.4 Å². The van der Waals surface area contributed by atoms with Gasteiger partial charge in [0.1, 0.15) is 5.69 Å². The lowest BCUT2D eigenvalue weighted by atomic mass is 9.97. The van der Waals surface area contributed by atoms with E-state index in [9.17, 15) is 9.59 Å². The van der Waals surface area contributed by atoms with Crippen molar-refractivity contribution in [1.29, 1.82) is 0 Å². The smallest absolute Gasteiger partial charge is 0.317 e. The van der Waals surface area contributed by atoms with Crippen molar-refractivity contribution in [3.05, 3.63) is 24.0 Å². The second kappa shape index (κ2) is 6.85. The van der Waals surface area contributed by atoms with Gasteiger partial charge in [-0.15, -0.1) is 0 Å². The molecule has 0 bridgehead atoms. The molecule has 2 N–H and O–H groups in total. The summed E-state index contributed by atoms with van der Waals surface area (Å²) in [6.07, 6.45) is 2.55. The number of carbonyl (C=O) groups is 2. The van der Waals surface area contributed by atoms with Crippen LogP contribution in [0.25, 0.3) is 0 Å². The highest BCUT2D eigenvalue weighted by atomic mass is 16.2. The average molecular weight is 306 g/mol. The number of rotatable bonds is 2. The van der Waals surface area contributed by atoms with Gasteiger partial charge in [-0.2, -0.15) is 0 Å². The standard InChI is InChI=1S/C16H26N4O2/c1-16(2,3)12-18-15(22)20-9-5-8-19(10-11-20)14(21)13-6-4-7-17-13/h4,6-7,17H,5,8-12H2,1-3H3,(H,18,22). The van der Waals surface area contributed by atoms with Gasteiger partial charge in [-0.3, -0.25) is 4.79 Å². The third kappa shape index (κ3) is 4.51. The third-order valence-corrected chi connectivity index (χ3v) is 3.67.